The van der Waals surface area contributed by atoms with E-state index in [1.807, 2.05) is 0 Å². The first-order valence-electron chi connectivity index (χ1n) is 26.3. The van der Waals surface area contributed by atoms with E-state index in [1.165, 1.54) is 224 Å². The SMILES string of the molecule is CCCCCCCCCCCC(c1ccc(C(CCCCCCCCC)c2ccc(C(CCCCCCCCCCC)c3ccc(N)cc3C)cc2)cc1)c1ccc(N)cc1C. The molecule has 2 nitrogen and oxygen atoms in total. The molecule has 2 atom stereocenters. The minimum absolute atomic E-state index is 0.398. The molecule has 0 amide bonds. The summed E-state index contributed by atoms with van der Waals surface area (Å²) in [7, 11) is 0. The molecule has 0 aliphatic rings. The van der Waals surface area contributed by atoms with Crippen LogP contribution < -0.4 is 11.5 Å². The molecule has 62 heavy (non-hydrogen) atoms. The Bertz CT molecular complexity index is 1620. The summed E-state index contributed by atoms with van der Waals surface area (Å²) in [5.74, 6) is 1.20. The van der Waals surface area contributed by atoms with Crippen LogP contribution in [0.15, 0.2) is 84.9 Å². The molecule has 2 unspecified atom stereocenters. The molecule has 4 N–H and O–H groups in total. The van der Waals surface area contributed by atoms with Gasteiger partial charge in [-0.15, -0.1) is 0 Å². The molecule has 0 aliphatic carbocycles. The smallest absolute Gasteiger partial charge is 0.0316 e. The van der Waals surface area contributed by atoms with Gasteiger partial charge in [0.2, 0.25) is 0 Å². The van der Waals surface area contributed by atoms with Crippen LogP contribution in [-0.2, 0) is 0 Å². The summed E-state index contributed by atoms with van der Waals surface area (Å²) in [5, 5.41) is 0. The van der Waals surface area contributed by atoms with Crippen molar-refractivity contribution in [3.05, 3.63) is 129 Å². The van der Waals surface area contributed by atoms with Gasteiger partial charge in [-0.3, -0.25) is 0 Å². The van der Waals surface area contributed by atoms with E-state index in [2.05, 4.69) is 120 Å². The van der Waals surface area contributed by atoms with Crippen LogP contribution in [0.1, 0.15) is 263 Å². The second-order valence-corrected chi connectivity index (χ2v) is 19.4. The minimum atomic E-state index is 0.398. The highest BCUT2D eigenvalue weighted by atomic mass is 14.5. The monoisotopic (exact) mass is 841 g/mol. The average molecular weight is 841 g/mol. The molecule has 0 bridgehead atoms. The van der Waals surface area contributed by atoms with Crippen LogP contribution in [0.5, 0.6) is 0 Å². The first-order valence-corrected chi connectivity index (χ1v) is 26.3. The standard InChI is InChI=1S/C60H92N2/c1-6-9-12-15-18-20-23-26-29-32-59(56-44-42-54(61)46-48(56)4)52-38-34-50(35-39-52)58(31-28-25-22-17-14-11-8-3)51-36-40-53(41-37-51)60(57-45-43-55(62)47-49(57)5)33-30-27-24-21-19-16-13-10-7-2/h34-47,58-60H,6-33,61-62H2,1-5H3. The Hall–Kier alpha value is -3.52. The van der Waals surface area contributed by atoms with Gasteiger partial charge >= 0.3 is 0 Å². The Labute approximate surface area is 382 Å². The Balaban J connectivity index is 1.53. The van der Waals surface area contributed by atoms with Gasteiger partial charge in [0.25, 0.3) is 0 Å². The summed E-state index contributed by atoms with van der Waals surface area (Å²) in [6.07, 6.45) is 37.5. The van der Waals surface area contributed by atoms with Gasteiger partial charge in [-0.25, -0.2) is 0 Å². The zero-order chi connectivity index (χ0) is 44.2. The summed E-state index contributed by atoms with van der Waals surface area (Å²) in [4.78, 5) is 0. The summed E-state index contributed by atoms with van der Waals surface area (Å²) in [6, 6.07) is 33.0. The quantitative estimate of drug-likeness (QED) is 0.0364. The lowest BCUT2D eigenvalue weighted by atomic mass is 9.80. The molecule has 4 aromatic carbocycles. The van der Waals surface area contributed by atoms with Crippen LogP contribution >= 0.6 is 0 Å². The van der Waals surface area contributed by atoms with Gasteiger partial charge in [0.15, 0.2) is 0 Å². The van der Waals surface area contributed by atoms with Gasteiger partial charge in [0.05, 0.1) is 0 Å². The summed E-state index contributed by atoms with van der Waals surface area (Å²) in [5.41, 5.74) is 25.6. The zero-order valence-corrected chi connectivity index (χ0v) is 40.8. The summed E-state index contributed by atoms with van der Waals surface area (Å²) in [6.45, 7) is 11.4. The lowest BCUT2D eigenvalue weighted by Gasteiger charge is -2.24. The maximum absolute atomic E-state index is 6.27. The number of aryl methyl sites for hydroxylation is 2. The molecule has 0 aliphatic heterocycles. The fourth-order valence-electron chi connectivity index (χ4n) is 10.3. The number of anilines is 2. The Morgan fingerprint density at radius 3 is 0.823 bits per heavy atom. The predicted octanol–water partition coefficient (Wildman–Crippen LogP) is 18.8. The highest BCUT2D eigenvalue weighted by molar-refractivity contribution is 5.50. The van der Waals surface area contributed by atoms with E-state index < -0.39 is 0 Å². The van der Waals surface area contributed by atoms with E-state index in [4.69, 9.17) is 11.5 Å². The van der Waals surface area contributed by atoms with Crippen molar-refractivity contribution in [2.45, 2.75) is 232 Å². The first kappa shape index (κ1) is 51.1. The molecule has 2 heteroatoms. The second kappa shape index (κ2) is 30.5. The van der Waals surface area contributed by atoms with Crippen molar-refractivity contribution in [3.63, 3.8) is 0 Å². The third-order valence-corrected chi connectivity index (χ3v) is 14.1. The first-order chi connectivity index (χ1) is 30.4. The molecular formula is C60H92N2. The van der Waals surface area contributed by atoms with Crippen molar-refractivity contribution in [2.75, 3.05) is 11.5 Å². The highest BCUT2D eigenvalue weighted by Crippen LogP contribution is 2.38. The number of benzene rings is 4. The minimum Gasteiger partial charge on any atom is -0.399 e. The van der Waals surface area contributed by atoms with Crippen molar-refractivity contribution in [1.82, 2.24) is 0 Å². The maximum Gasteiger partial charge on any atom is 0.0316 e. The van der Waals surface area contributed by atoms with Crippen molar-refractivity contribution < 1.29 is 0 Å². The largest absolute Gasteiger partial charge is 0.399 e. The van der Waals surface area contributed by atoms with Gasteiger partial charge in [0.1, 0.15) is 0 Å². The molecule has 0 saturated carbocycles. The summed E-state index contributed by atoms with van der Waals surface area (Å²) >= 11 is 0. The van der Waals surface area contributed by atoms with Gasteiger partial charge in [-0.2, -0.15) is 0 Å². The van der Waals surface area contributed by atoms with Crippen molar-refractivity contribution in [1.29, 1.82) is 0 Å². The van der Waals surface area contributed by atoms with Crippen molar-refractivity contribution >= 4 is 11.4 Å². The van der Waals surface area contributed by atoms with E-state index in [-0.39, 0.29) is 0 Å². The van der Waals surface area contributed by atoms with Gasteiger partial charge in [-0.1, -0.05) is 242 Å². The van der Waals surface area contributed by atoms with Crippen LogP contribution in [-0.4, -0.2) is 0 Å². The fraction of sp³-hybridized carbons (Fsp3) is 0.600. The van der Waals surface area contributed by atoms with Gasteiger partial charge in [0, 0.05) is 29.1 Å². The van der Waals surface area contributed by atoms with E-state index in [1.54, 1.807) is 0 Å². The van der Waals surface area contributed by atoms with E-state index >= 15 is 0 Å². The molecule has 0 aromatic heterocycles. The average Bonchev–Trinajstić information content (AvgIpc) is 3.27. The molecule has 0 radical (unpaired) electrons. The van der Waals surface area contributed by atoms with E-state index in [0.717, 1.165) is 11.4 Å². The Morgan fingerprint density at radius 1 is 0.306 bits per heavy atom. The second-order valence-electron chi connectivity index (χ2n) is 19.4. The highest BCUT2D eigenvalue weighted by Gasteiger charge is 2.21. The summed E-state index contributed by atoms with van der Waals surface area (Å²) < 4.78 is 0. The Kier molecular flexibility index (Phi) is 25.2. The topological polar surface area (TPSA) is 52.0 Å². The van der Waals surface area contributed by atoms with E-state index in [9.17, 15) is 0 Å². The third-order valence-electron chi connectivity index (χ3n) is 14.1. The molecule has 0 spiro atoms. The Morgan fingerprint density at radius 2 is 0.548 bits per heavy atom. The van der Waals surface area contributed by atoms with Crippen molar-refractivity contribution in [2.24, 2.45) is 0 Å². The molecule has 0 saturated heterocycles. The number of rotatable bonds is 34. The predicted molar refractivity (Wildman–Crippen MR) is 276 cm³/mol. The van der Waals surface area contributed by atoms with Gasteiger partial charge in [-0.05, 0) is 102 Å². The van der Waals surface area contributed by atoms with Crippen LogP contribution in [0.25, 0.3) is 0 Å². The number of hydrogen-bond acceptors (Lipinski definition) is 2. The molecule has 0 heterocycles. The van der Waals surface area contributed by atoms with Crippen molar-refractivity contribution in [3.8, 4) is 0 Å². The zero-order valence-electron chi connectivity index (χ0n) is 40.8. The number of nitrogen functional groups attached to an aromatic ring is 2. The lowest BCUT2D eigenvalue weighted by molar-refractivity contribution is 0.544. The van der Waals surface area contributed by atoms with Crippen LogP contribution in [0.4, 0.5) is 11.4 Å². The lowest BCUT2D eigenvalue weighted by Crippen LogP contribution is -2.07. The molecule has 4 rings (SSSR count). The van der Waals surface area contributed by atoms with Crippen LogP contribution in [0.2, 0.25) is 0 Å². The fourth-order valence-corrected chi connectivity index (χ4v) is 10.3. The molecule has 0 fully saturated rings. The van der Waals surface area contributed by atoms with E-state index in [0.29, 0.717) is 17.8 Å². The molecular weight excluding hydrogens is 749 g/mol. The number of hydrogen-bond donors (Lipinski definition) is 2. The van der Waals surface area contributed by atoms with Gasteiger partial charge < -0.3 is 11.5 Å². The van der Waals surface area contributed by atoms with Crippen LogP contribution in [0, 0.1) is 13.8 Å². The normalized spacial score (nSPS) is 13.0. The molecule has 342 valence electrons. The third kappa shape index (κ3) is 18.3. The van der Waals surface area contributed by atoms with Crippen LogP contribution in [0.3, 0.4) is 0 Å². The maximum atomic E-state index is 6.27. The number of unbranched alkanes of at least 4 members (excludes halogenated alkanes) is 22. The number of nitrogens with two attached hydrogens (primary N) is 2. The molecule has 4 aromatic rings.